The molecule has 2 rings (SSSR count). The lowest BCUT2D eigenvalue weighted by atomic mass is 9.87. The number of hydrogen-bond acceptors (Lipinski definition) is 4. The van der Waals surface area contributed by atoms with Gasteiger partial charge in [0.2, 0.25) is 0 Å². The summed E-state index contributed by atoms with van der Waals surface area (Å²) in [5.74, 6) is 0.412. The maximum Gasteiger partial charge on any atom is 0.276 e. The number of hydrogen-bond donors (Lipinski definition) is 2. The Kier molecular flexibility index (Phi) is 6.82. The van der Waals surface area contributed by atoms with E-state index in [2.05, 4.69) is 31.6 Å². The monoisotopic (exact) mass is 370 g/mol. The quantitative estimate of drug-likeness (QED) is 0.766. The van der Waals surface area contributed by atoms with Crippen LogP contribution in [0.2, 0.25) is 0 Å². The van der Waals surface area contributed by atoms with Gasteiger partial charge >= 0.3 is 0 Å². The molecule has 6 heteroatoms. The van der Waals surface area contributed by atoms with Crippen molar-refractivity contribution in [2.75, 3.05) is 13.2 Å². The van der Waals surface area contributed by atoms with Gasteiger partial charge in [0.15, 0.2) is 6.61 Å². The first-order valence-corrected chi connectivity index (χ1v) is 8.85. The van der Waals surface area contributed by atoms with Gasteiger partial charge in [-0.1, -0.05) is 32.9 Å². The Morgan fingerprint density at radius 3 is 1.96 bits per heavy atom. The molecule has 0 saturated heterocycles. The highest BCUT2D eigenvalue weighted by molar-refractivity contribution is 5.95. The van der Waals surface area contributed by atoms with E-state index in [1.165, 1.54) is 5.56 Å². The summed E-state index contributed by atoms with van der Waals surface area (Å²) in [6.07, 6.45) is 0. The van der Waals surface area contributed by atoms with E-state index in [-0.39, 0.29) is 12.0 Å². The molecule has 6 nitrogen and oxygen atoms in total. The summed E-state index contributed by atoms with van der Waals surface area (Å²) in [6.45, 7) is 8.63. The van der Waals surface area contributed by atoms with Crippen molar-refractivity contribution >= 4 is 11.8 Å². The minimum Gasteiger partial charge on any atom is -0.494 e. The Morgan fingerprint density at radius 2 is 1.41 bits per heavy atom. The maximum atomic E-state index is 12.0. The standard InChI is InChI=1S/C21H26N2O4/c1-5-26-17-10-6-15(7-11-17)20(25)23-22-19(24)14-27-18-12-8-16(9-13-18)21(2,3)4/h6-13H,5,14H2,1-4H3,(H,22,24)(H,23,25). The number of ether oxygens (including phenoxy) is 2. The third-order valence-electron chi connectivity index (χ3n) is 3.83. The maximum absolute atomic E-state index is 12.0. The summed E-state index contributed by atoms with van der Waals surface area (Å²) in [7, 11) is 0. The van der Waals surface area contributed by atoms with E-state index in [4.69, 9.17) is 9.47 Å². The van der Waals surface area contributed by atoms with E-state index in [1.54, 1.807) is 24.3 Å². The topological polar surface area (TPSA) is 76.7 Å². The van der Waals surface area contributed by atoms with Gasteiger partial charge in [-0.2, -0.15) is 0 Å². The molecule has 0 saturated carbocycles. The zero-order valence-electron chi connectivity index (χ0n) is 16.2. The van der Waals surface area contributed by atoms with Gasteiger partial charge in [-0.05, 0) is 54.3 Å². The van der Waals surface area contributed by atoms with E-state index in [9.17, 15) is 9.59 Å². The molecule has 2 N–H and O–H groups in total. The van der Waals surface area contributed by atoms with Gasteiger partial charge in [0, 0.05) is 5.56 Å². The van der Waals surface area contributed by atoms with Gasteiger partial charge in [-0.3, -0.25) is 20.4 Å². The van der Waals surface area contributed by atoms with E-state index in [1.807, 2.05) is 31.2 Å². The fraction of sp³-hybridized carbons (Fsp3) is 0.333. The molecule has 0 spiro atoms. The van der Waals surface area contributed by atoms with Crippen LogP contribution in [0.25, 0.3) is 0 Å². The number of carbonyl (C=O) groups excluding carboxylic acids is 2. The molecule has 2 aromatic carbocycles. The second-order valence-corrected chi connectivity index (χ2v) is 7.02. The Hall–Kier alpha value is -3.02. The third-order valence-corrected chi connectivity index (χ3v) is 3.83. The molecule has 0 aliphatic heterocycles. The van der Waals surface area contributed by atoms with Crippen LogP contribution < -0.4 is 20.3 Å². The number of hydrazine groups is 1. The molecule has 0 aliphatic rings. The van der Waals surface area contributed by atoms with Crippen molar-refractivity contribution in [2.24, 2.45) is 0 Å². The van der Waals surface area contributed by atoms with Crippen molar-refractivity contribution in [1.29, 1.82) is 0 Å². The molecule has 2 aromatic rings. The highest BCUT2D eigenvalue weighted by Gasteiger charge is 2.13. The lowest BCUT2D eigenvalue weighted by Gasteiger charge is -2.19. The Bertz CT molecular complexity index is 762. The summed E-state index contributed by atoms with van der Waals surface area (Å²) in [4.78, 5) is 23.9. The zero-order valence-corrected chi connectivity index (χ0v) is 16.2. The van der Waals surface area contributed by atoms with Crippen LogP contribution in [0, 0.1) is 0 Å². The molecule has 0 bridgehead atoms. The minimum atomic E-state index is -0.450. The Balaban J connectivity index is 1.78. The summed E-state index contributed by atoms with van der Waals surface area (Å²) in [5.41, 5.74) is 6.34. The lowest BCUT2D eigenvalue weighted by molar-refractivity contribution is -0.123. The fourth-order valence-corrected chi connectivity index (χ4v) is 2.30. The second-order valence-electron chi connectivity index (χ2n) is 7.02. The van der Waals surface area contributed by atoms with Gasteiger partial charge in [-0.15, -0.1) is 0 Å². The van der Waals surface area contributed by atoms with Crippen molar-refractivity contribution in [2.45, 2.75) is 33.1 Å². The molecule has 0 radical (unpaired) electrons. The predicted molar refractivity (Wildman–Crippen MR) is 104 cm³/mol. The van der Waals surface area contributed by atoms with Gasteiger partial charge in [-0.25, -0.2) is 0 Å². The number of rotatable bonds is 6. The summed E-state index contributed by atoms with van der Waals surface area (Å²) >= 11 is 0. The predicted octanol–water partition coefficient (Wildman–Crippen LogP) is 3.22. The first kappa shape index (κ1) is 20.3. The van der Waals surface area contributed by atoms with Crippen molar-refractivity contribution < 1.29 is 19.1 Å². The molecule has 0 aromatic heterocycles. The smallest absolute Gasteiger partial charge is 0.276 e. The second kappa shape index (κ2) is 9.07. The molecule has 0 fully saturated rings. The van der Waals surface area contributed by atoms with Crippen molar-refractivity contribution in [3.8, 4) is 11.5 Å². The van der Waals surface area contributed by atoms with Crippen molar-refractivity contribution in [3.05, 3.63) is 59.7 Å². The van der Waals surface area contributed by atoms with E-state index in [0.717, 1.165) is 0 Å². The highest BCUT2D eigenvalue weighted by Crippen LogP contribution is 2.24. The van der Waals surface area contributed by atoms with Gasteiger partial charge in [0.05, 0.1) is 6.61 Å². The molecule has 0 heterocycles. The van der Waals surface area contributed by atoms with Crippen LogP contribution >= 0.6 is 0 Å². The summed E-state index contributed by atoms with van der Waals surface area (Å²) < 4.78 is 10.8. The molecular formula is C21H26N2O4. The fourth-order valence-electron chi connectivity index (χ4n) is 2.30. The van der Waals surface area contributed by atoms with E-state index >= 15 is 0 Å². The average Bonchev–Trinajstić information content (AvgIpc) is 2.65. The summed E-state index contributed by atoms with van der Waals surface area (Å²) in [6, 6.07) is 14.2. The number of nitrogens with one attached hydrogen (secondary N) is 2. The van der Waals surface area contributed by atoms with Crippen LogP contribution in [0.5, 0.6) is 11.5 Å². The first-order chi connectivity index (χ1) is 12.8. The minimum absolute atomic E-state index is 0.0566. The van der Waals surface area contributed by atoms with Gasteiger partial charge in [0.25, 0.3) is 11.8 Å². The molecule has 144 valence electrons. The normalized spacial score (nSPS) is 10.8. The largest absolute Gasteiger partial charge is 0.494 e. The number of benzene rings is 2. The first-order valence-electron chi connectivity index (χ1n) is 8.85. The van der Waals surface area contributed by atoms with Crippen molar-refractivity contribution in [3.63, 3.8) is 0 Å². The van der Waals surface area contributed by atoms with Crippen LogP contribution in [0.1, 0.15) is 43.6 Å². The number of amides is 2. The molecule has 0 aliphatic carbocycles. The van der Waals surface area contributed by atoms with Crippen LogP contribution in [-0.4, -0.2) is 25.0 Å². The average molecular weight is 370 g/mol. The Morgan fingerprint density at radius 1 is 0.852 bits per heavy atom. The lowest BCUT2D eigenvalue weighted by Crippen LogP contribution is -2.43. The number of carbonyl (C=O) groups is 2. The van der Waals surface area contributed by atoms with Crippen LogP contribution in [-0.2, 0) is 10.2 Å². The third kappa shape index (κ3) is 6.33. The SMILES string of the molecule is CCOc1ccc(C(=O)NNC(=O)COc2ccc(C(C)(C)C)cc2)cc1. The van der Waals surface area contributed by atoms with E-state index in [0.29, 0.717) is 23.7 Å². The van der Waals surface area contributed by atoms with E-state index < -0.39 is 11.8 Å². The Labute approximate surface area is 159 Å². The molecule has 27 heavy (non-hydrogen) atoms. The summed E-state index contributed by atoms with van der Waals surface area (Å²) in [5, 5.41) is 0. The molecule has 0 atom stereocenters. The van der Waals surface area contributed by atoms with Gasteiger partial charge < -0.3 is 9.47 Å². The highest BCUT2D eigenvalue weighted by atomic mass is 16.5. The van der Waals surface area contributed by atoms with Gasteiger partial charge in [0.1, 0.15) is 11.5 Å². The molecule has 0 unspecified atom stereocenters. The van der Waals surface area contributed by atoms with Crippen molar-refractivity contribution in [1.82, 2.24) is 10.9 Å². The zero-order chi connectivity index (χ0) is 19.9. The van der Waals surface area contributed by atoms with Crippen LogP contribution in [0.3, 0.4) is 0 Å². The van der Waals surface area contributed by atoms with Crippen LogP contribution in [0.15, 0.2) is 48.5 Å². The van der Waals surface area contributed by atoms with Crippen LogP contribution in [0.4, 0.5) is 0 Å². The molecule has 2 amide bonds. The molecular weight excluding hydrogens is 344 g/mol.